The molecule has 0 spiro atoms. The molecule has 16 heteroatoms. The first-order valence-electron chi connectivity index (χ1n) is 22.2. The molecular formula is C47H62N8O8. The van der Waals surface area contributed by atoms with E-state index in [0.29, 0.717) is 72.7 Å². The number of nitrogens with zero attached hydrogens (tertiary/aromatic N) is 4. The topological polar surface area (TPSA) is 209 Å². The molecule has 1 fully saturated rings. The van der Waals surface area contributed by atoms with Gasteiger partial charge in [0.1, 0.15) is 11.4 Å². The largest absolute Gasteiger partial charge is 0.444 e. The van der Waals surface area contributed by atoms with Crippen molar-refractivity contribution < 1.29 is 38.3 Å². The van der Waals surface area contributed by atoms with E-state index in [9.17, 15) is 33.6 Å². The lowest BCUT2D eigenvalue weighted by molar-refractivity contribution is -0.138. The van der Waals surface area contributed by atoms with Crippen molar-refractivity contribution in [2.75, 3.05) is 31.5 Å². The minimum Gasteiger partial charge on any atom is -0.444 e. The summed E-state index contributed by atoms with van der Waals surface area (Å²) in [5.74, 6) is -0.820. The van der Waals surface area contributed by atoms with Gasteiger partial charge in [0.05, 0.1) is 17.6 Å². The van der Waals surface area contributed by atoms with Crippen molar-refractivity contribution in [3.8, 4) is 0 Å². The van der Waals surface area contributed by atoms with Crippen LogP contribution in [-0.4, -0.2) is 93.9 Å². The molecule has 0 radical (unpaired) electrons. The number of aromatic nitrogens is 1. The Morgan fingerprint density at radius 3 is 2.27 bits per heavy atom. The van der Waals surface area contributed by atoms with Gasteiger partial charge in [-0.15, -0.1) is 0 Å². The highest BCUT2D eigenvalue weighted by molar-refractivity contribution is 6.13. The molecule has 3 aliphatic rings. The van der Waals surface area contributed by atoms with Gasteiger partial charge >= 0.3 is 6.09 Å². The van der Waals surface area contributed by atoms with E-state index in [1.807, 2.05) is 13.8 Å². The number of imide groups is 1. The minimum atomic E-state index is -0.751. The number of anilines is 1. The molecule has 5 rings (SSSR count). The van der Waals surface area contributed by atoms with Crippen LogP contribution in [-0.2, 0) is 35.3 Å². The number of hydrogen-bond donors (Lipinski definition) is 4. The van der Waals surface area contributed by atoms with Gasteiger partial charge in [-0.05, 0) is 108 Å². The van der Waals surface area contributed by atoms with Gasteiger partial charge in [0.15, 0.2) is 0 Å². The zero-order valence-electron chi connectivity index (χ0n) is 37.2. The number of aliphatic imine (C=N–C) groups is 1. The number of amidine groups is 1. The zero-order chi connectivity index (χ0) is 45.5. The quantitative estimate of drug-likeness (QED) is 0.0971. The smallest absolute Gasteiger partial charge is 0.413 e. The summed E-state index contributed by atoms with van der Waals surface area (Å²) in [7, 11) is 0. The lowest BCUT2D eigenvalue weighted by Crippen LogP contribution is -2.38. The van der Waals surface area contributed by atoms with Crippen molar-refractivity contribution >= 4 is 64.8 Å². The molecule has 16 nitrogen and oxygen atoms in total. The summed E-state index contributed by atoms with van der Waals surface area (Å²) in [6, 6.07) is 6.70. The third kappa shape index (κ3) is 14.7. The number of alkyl carbamates (subject to hydrolysis) is 1. The standard InChI is InChI=1S/C47H62N8O8/c1-6-21-54(22-7-2)45(61)36-24-34-16-17-35(25-38(34)52-39(26-36)53-46(62)63-47(3,4)5)44(60)51-37-23-32(27-48-29-37)28-50-40(56)11-9-8-10-20-49-43(59)33-14-12-31(13-15-33)30-55-41(57)18-19-42(55)58/h16-19,23-25,27,29,31,33H,6-15,20-22,26,28,30H2,1-5H3,(H,49,59)(H,50,56)(H,51,60)(H,52,53,62). The second-order valence-corrected chi connectivity index (χ2v) is 17.4. The summed E-state index contributed by atoms with van der Waals surface area (Å²) in [5, 5.41) is 11.5. The molecule has 1 saturated carbocycles. The second-order valence-electron chi connectivity index (χ2n) is 17.4. The van der Waals surface area contributed by atoms with E-state index in [0.717, 1.165) is 51.4 Å². The van der Waals surface area contributed by atoms with E-state index in [1.54, 1.807) is 62.2 Å². The van der Waals surface area contributed by atoms with Crippen molar-refractivity contribution in [1.82, 2.24) is 30.7 Å². The molecule has 0 unspecified atom stereocenters. The molecule has 0 saturated heterocycles. The molecule has 3 heterocycles. The Bertz CT molecular complexity index is 2090. The zero-order valence-corrected chi connectivity index (χ0v) is 37.2. The number of unbranched alkanes of at least 4 members (excludes halogenated alkanes) is 2. The van der Waals surface area contributed by atoms with Crippen LogP contribution in [0.3, 0.4) is 0 Å². The molecule has 2 aromatic rings. The minimum absolute atomic E-state index is 0.0329. The van der Waals surface area contributed by atoms with Gasteiger partial charge in [0, 0.05) is 86.5 Å². The second kappa shape index (κ2) is 22.8. The molecule has 1 aliphatic carbocycles. The molecule has 0 bridgehead atoms. The number of amides is 7. The number of ether oxygens (including phenoxy) is 1. The maximum Gasteiger partial charge on any atom is 0.413 e. The Hall–Kier alpha value is -6.19. The summed E-state index contributed by atoms with van der Waals surface area (Å²) in [6.07, 6.45) is 14.0. The summed E-state index contributed by atoms with van der Waals surface area (Å²) in [5.41, 5.74) is 2.14. The first-order valence-corrected chi connectivity index (χ1v) is 22.2. The highest BCUT2D eigenvalue weighted by Crippen LogP contribution is 2.31. The van der Waals surface area contributed by atoms with E-state index in [4.69, 9.17) is 9.73 Å². The van der Waals surface area contributed by atoms with Crippen LogP contribution in [0.4, 0.5) is 16.2 Å². The number of carbonyl (C=O) groups excluding carboxylic acids is 7. The number of benzene rings is 1. The molecule has 0 atom stereocenters. The molecule has 338 valence electrons. The van der Waals surface area contributed by atoms with E-state index in [-0.39, 0.29) is 60.2 Å². The number of hydrogen-bond acceptors (Lipinski definition) is 10. The van der Waals surface area contributed by atoms with E-state index < -0.39 is 17.6 Å². The van der Waals surface area contributed by atoms with Gasteiger partial charge in [0.2, 0.25) is 17.7 Å². The third-order valence-corrected chi connectivity index (χ3v) is 10.9. The highest BCUT2D eigenvalue weighted by Gasteiger charge is 2.31. The third-order valence-electron chi connectivity index (χ3n) is 10.9. The molecule has 63 heavy (non-hydrogen) atoms. The van der Waals surface area contributed by atoms with Crippen LogP contribution in [0.5, 0.6) is 0 Å². The maximum absolute atomic E-state index is 13.7. The van der Waals surface area contributed by atoms with Crippen LogP contribution in [0.1, 0.15) is 127 Å². The first kappa shape index (κ1) is 47.9. The van der Waals surface area contributed by atoms with Crippen molar-refractivity contribution in [3.05, 3.63) is 71.1 Å². The van der Waals surface area contributed by atoms with Crippen molar-refractivity contribution in [2.24, 2.45) is 16.8 Å². The number of pyridine rings is 1. The van der Waals surface area contributed by atoms with Gasteiger partial charge in [-0.1, -0.05) is 26.3 Å². The van der Waals surface area contributed by atoms with Gasteiger partial charge in [-0.3, -0.25) is 44.0 Å². The molecule has 4 N–H and O–H groups in total. The monoisotopic (exact) mass is 866 g/mol. The number of nitrogens with one attached hydrogen (secondary N) is 4. The van der Waals surface area contributed by atoms with Crippen LogP contribution in [0, 0.1) is 11.8 Å². The Kier molecular flexibility index (Phi) is 17.3. The summed E-state index contributed by atoms with van der Waals surface area (Å²) >= 11 is 0. The SMILES string of the molecule is CCCN(CCC)C(=O)C1=Cc2ccc(C(=O)Nc3cncc(CNC(=O)CCCCCNC(=O)C4CCC(CN5C(=O)C=CC5=O)CC4)c3)cc2N=C(NC(=O)OC(C)(C)C)C1. The Morgan fingerprint density at radius 1 is 0.873 bits per heavy atom. The van der Waals surface area contributed by atoms with Crippen molar-refractivity contribution in [3.63, 3.8) is 0 Å². The fourth-order valence-electron chi connectivity index (χ4n) is 7.76. The van der Waals surface area contributed by atoms with E-state index in [1.165, 1.54) is 23.2 Å². The average molecular weight is 867 g/mol. The fourth-order valence-corrected chi connectivity index (χ4v) is 7.76. The normalized spacial score (nSPS) is 17.2. The van der Waals surface area contributed by atoms with Gasteiger partial charge in [-0.2, -0.15) is 0 Å². The molecule has 1 aromatic carbocycles. The summed E-state index contributed by atoms with van der Waals surface area (Å²) in [4.78, 5) is 101. The van der Waals surface area contributed by atoms with Gasteiger partial charge in [-0.25, -0.2) is 9.79 Å². The van der Waals surface area contributed by atoms with Crippen LogP contribution in [0.2, 0.25) is 0 Å². The van der Waals surface area contributed by atoms with Crippen molar-refractivity contribution in [1.29, 1.82) is 0 Å². The van der Waals surface area contributed by atoms with Crippen LogP contribution in [0.25, 0.3) is 6.08 Å². The van der Waals surface area contributed by atoms with Gasteiger partial charge < -0.3 is 25.6 Å². The maximum atomic E-state index is 13.7. The van der Waals surface area contributed by atoms with Crippen molar-refractivity contribution in [2.45, 2.75) is 117 Å². The number of rotatable bonds is 18. The lowest BCUT2D eigenvalue weighted by Gasteiger charge is -2.30. The predicted molar refractivity (Wildman–Crippen MR) is 239 cm³/mol. The molecule has 7 amide bonds. The number of carbonyl (C=O) groups is 7. The Labute approximate surface area is 369 Å². The lowest BCUT2D eigenvalue weighted by atomic mass is 9.81. The summed E-state index contributed by atoms with van der Waals surface area (Å²) in [6.45, 7) is 11.6. The molecule has 2 aliphatic heterocycles. The summed E-state index contributed by atoms with van der Waals surface area (Å²) < 4.78 is 5.46. The fraction of sp³-hybridized carbons (Fsp3) is 0.511. The van der Waals surface area contributed by atoms with E-state index >= 15 is 0 Å². The Morgan fingerprint density at radius 2 is 1.59 bits per heavy atom. The molecular weight excluding hydrogens is 805 g/mol. The van der Waals surface area contributed by atoms with Crippen LogP contribution in [0.15, 0.2) is 59.4 Å². The van der Waals surface area contributed by atoms with Crippen LogP contribution >= 0.6 is 0 Å². The first-order chi connectivity index (χ1) is 30.1. The molecule has 1 aromatic heterocycles. The predicted octanol–water partition coefficient (Wildman–Crippen LogP) is 6.35. The number of fused-ring (bicyclic) bond motifs is 1. The Balaban J connectivity index is 1.07. The van der Waals surface area contributed by atoms with Gasteiger partial charge in [0.25, 0.3) is 17.7 Å². The van der Waals surface area contributed by atoms with E-state index in [2.05, 4.69) is 26.3 Å². The highest BCUT2D eigenvalue weighted by atomic mass is 16.6. The average Bonchev–Trinajstić information content (AvgIpc) is 3.43. The van der Waals surface area contributed by atoms with Crippen LogP contribution < -0.4 is 21.3 Å².